The Morgan fingerprint density at radius 2 is 2.00 bits per heavy atom. The van der Waals surface area contributed by atoms with Crippen molar-refractivity contribution in [3.63, 3.8) is 0 Å². The summed E-state index contributed by atoms with van der Waals surface area (Å²) in [5.41, 5.74) is 2.81. The number of nitrogens with zero attached hydrogens (tertiary/aromatic N) is 1. The number of benzene rings is 1. The minimum absolute atomic E-state index is 0.426. The number of nitrogens with one attached hydrogen (secondary N) is 1. The highest BCUT2D eigenvalue weighted by atomic mass is 32.1. The predicted octanol–water partition coefficient (Wildman–Crippen LogP) is 3.13. The molecule has 0 atom stereocenters. The molecule has 2 rings (SSSR count). The maximum atomic E-state index is 5.36. The molecule has 0 saturated heterocycles. The second kappa shape index (κ2) is 5.18. The molecule has 0 saturated carbocycles. The fraction of sp³-hybridized carbons (Fsp3) is 0.231. The SMILES string of the molecule is COc1ccc(C)cc1-c1[nH]cnc(=S)c1OC. The number of H-pyrrole nitrogens is 1. The first-order valence-corrected chi connectivity index (χ1v) is 5.85. The topological polar surface area (TPSA) is 47.1 Å². The van der Waals surface area contributed by atoms with E-state index in [9.17, 15) is 0 Å². The van der Waals surface area contributed by atoms with Gasteiger partial charge in [0.15, 0.2) is 10.4 Å². The van der Waals surface area contributed by atoms with Gasteiger partial charge in [0, 0.05) is 5.56 Å². The molecule has 0 aliphatic rings. The van der Waals surface area contributed by atoms with Crippen molar-refractivity contribution in [3.8, 4) is 22.8 Å². The largest absolute Gasteiger partial charge is 0.496 e. The Hall–Kier alpha value is -1.88. The van der Waals surface area contributed by atoms with E-state index in [0.717, 1.165) is 22.6 Å². The van der Waals surface area contributed by atoms with Crippen LogP contribution < -0.4 is 9.47 Å². The molecule has 1 aromatic carbocycles. The highest BCUT2D eigenvalue weighted by molar-refractivity contribution is 7.71. The maximum Gasteiger partial charge on any atom is 0.179 e. The van der Waals surface area contributed by atoms with E-state index in [1.54, 1.807) is 20.5 Å². The highest BCUT2D eigenvalue weighted by Gasteiger charge is 2.13. The molecule has 2 aromatic rings. The summed E-state index contributed by atoms with van der Waals surface area (Å²) < 4.78 is 11.1. The van der Waals surface area contributed by atoms with Crippen molar-refractivity contribution < 1.29 is 9.47 Å². The standard InChI is InChI=1S/C13H14N2O2S/c1-8-4-5-10(16-2)9(6-8)11-12(17-3)13(18)15-7-14-11/h4-7H,1-3H3,(H,14,15,18). The second-order valence-corrected chi connectivity index (χ2v) is 4.21. The third-order valence-corrected chi connectivity index (χ3v) is 2.93. The first kappa shape index (κ1) is 12.6. The van der Waals surface area contributed by atoms with Gasteiger partial charge in [0.2, 0.25) is 0 Å². The Balaban J connectivity index is 2.72. The number of hydrogen-bond donors (Lipinski definition) is 1. The van der Waals surface area contributed by atoms with E-state index >= 15 is 0 Å². The molecule has 1 aromatic heterocycles. The van der Waals surface area contributed by atoms with E-state index in [1.165, 1.54) is 0 Å². The van der Waals surface area contributed by atoms with Crippen LogP contribution in [0.15, 0.2) is 24.5 Å². The van der Waals surface area contributed by atoms with E-state index in [1.807, 2.05) is 25.1 Å². The summed E-state index contributed by atoms with van der Waals surface area (Å²) in [6, 6.07) is 5.92. The lowest BCUT2D eigenvalue weighted by molar-refractivity contribution is 0.406. The van der Waals surface area contributed by atoms with Gasteiger partial charge in [-0.3, -0.25) is 0 Å². The lowest BCUT2D eigenvalue weighted by Gasteiger charge is -2.12. The van der Waals surface area contributed by atoms with Crippen LogP contribution in [0.25, 0.3) is 11.3 Å². The van der Waals surface area contributed by atoms with Crippen molar-refractivity contribution in [3.05, 3.63) is 34.7 Å². The van der Waals surface area contributed by atoms with Gasteiger partial charge < -0.3 is 14.5 Å². The van der Waals surface area contributed by atoms with Crippen LogP contribution in [-0.4, -0.2) is 24.2 Å². The molecule has 0 spiro atoms. The quantitative estimate of drug-likeness (QED) is 0.863. The van der Waals surface area contributed by atoms with Crippen LogP contribution in [0.5, 0.6) is 11.5 Å². The molecule has 1 heterocycles. The zero-order valence-electron chi connectivity index (χ0n) is 10.5. The number of rotatable bonds is 3. The van der Waals surface area contributed by atoms with Crippen LogP contribution in [0.3, 0.4) is 0 Å². The average Bonchev–Trinajstić information content (AvgIpc) is 2.38. The Labute approximate surface area is 111 Å². The molecule has 0 radical (unpaired) electrons. The van der Waals surface area contributed by atoms with Gasteiger partial charge in [0.25, 0.3) is 0 Å². The average molecular weight is 262 g/mol. The molecule has 0 fully saturated rings. The van der Waals surface area contributed by atoms with Crippen LogP contribution in [0.4, 0.5) is 0 Å². The van der Waals surface area contributed by atoms with Crippen molar-refractivity contribution in [1.82, 2.24) is 9.97 Å². The molecule has 0 bridgehead atoms. The third-order valence-electron chi connectivity index (χ3n) is 2.64. The number of aryl methyl sites for hydroxylation is 1. The number of aromatic amines is 1. The molecule has 18 heavy (non-hydrogen) atoms. The fourth-order valence-corrected chi connectivity index (χ4v) is 2.03. The minimum atomic E-state index is 0.426. The smallest absolute Gasteiger partial charge is 0.179 e. The molecular formula is C13H14N2O2S. The van der Waals surface area contributed by atoms with Gasteiger partial charge in [-0.1, -0.05) is 23.8 Å². The van der Waals surface area contributed by atoms with Gasteiger partial charge >= 0.3 is 0 Å². The molecule has 0 unspecified atom stereocenters. The van der Waals surface area contributed by atoms with E-state index in [-0.39, 0.29) is 0 Å². The number of ether oxygens (including phenoxy) is 2. The Morgan fingerprint density at radius 3 is 2.67 bits per heavy atom. The molecule has 1 N–H and O–H groups in total. The Morgan fingerprint density at radius 1 is 1.22 bits per heavy atom. The molecule has 94 valence electrons. The molecule has 0 aliphatic heterocycles. The van der Waals surface area contributed by atoms with Gasteiger partial charge in [0.05, 0.1) is 26.2 Å². The van der Waals surface area contributed by atoms with Crippen molar-refractivity contribution in [1.29, 1.82) is 0 Å². The molecule has 4 nitrogen and oxygen atoms in total. The van der Waals surface area contributed by atoms with Crippen LogP contribution in [0.2, 0.25) is 0 Å². The van der Waals surface area contributed by atoms with Crippen molar-refractivity contribution in [2.45, 2.75) is 6.92 Å². The van der Waals surface area contributed by atoms with Crippen molar-refractivity contribution >= 4 is 12.2 Å². The summed E-state index contributed by atoms with van der Waals surface area (Å²) in [5, 5.41) is 0. The minimum Gasteiger partial charge on any atom is -0.496 e. The lowest BCUT2D eigenvalue weighted by Crippen LogP contribution is -1.96. The summed E-state index contributed by atoms with van der Waals surface area (Å²) in [6.07, 6.45) is 1.56. The summed E-state index contributed by atoms with van der Waals surface area (Å²) >= 11 is 5.15. The van der Waals surface area contributed by atoms with Gasteiger partial charge in [-0.2, -0.15) is 0 Å². The van der Waals surface area contributed by atoms with Crippen LogP contribution in [-0.2, 0) is 0 Å². The zero-order chi connectivity index (χ0) is 13.1. The second-order valence-electron chi connectivity index (χ2n) is 3.82. The summed E-state index contributed by atoms with van der Waals surface area (Å²) in [5.74, 6) is 1.31. The van der Waals surface area contributed by atoms with Crippen molar-refractivity contribution in [2.24, 2.45) is 0 Å². The number of aromatic nitrogens is 2. The van der Waals surface area contributed by atoms with Crippen LogP contribution in [0, 0.1) is 11.6 Å². The number of methoxy groups -OCH3 is 2. The van der Waals surface area contributed by atoms with Crippen LogP contribution >= 0.6 is 12.2 Å². The van der Waals surface area contributed by atoms with Gasteiger partial charge in [-0.05, 0) is 19.1 Å². The fourth-order valence-electron chi connectivity index (χ4n) is 1.79. The molecule has 0 aliphatic carbocycles. The van der Waals surface area contributed by atoms with Gasteiger partial charge in [0.1, 0.15) is 5.75 Å². The molecule has 0 amide bonds. The third kappa shape index (κ3) is 2.22. The summed E-state index contributed by atoms with van der Waals surface area (Å²) in [4.78, 5) is 7.07. The zero-order valence-corrected chi connectivity index (χ0v) is 11.3. The maximum absolute atomic E-state index is 5.36. The van der Waals surface area contributed by atoms with Crippen molar-refractivity contribution in [2.75, 3.05) is 14.2 Å². The van der Waals surface area contributed by atoms with E-state index < -0.39 is 0 Å². The summed E-state index contributed by atoms with van der Waals surface area (Å²) in [6.45, 7) is 2.02. The lowest BCUT2D eigenvalue weighted by atomic mass is 10.1. The Bertz CT molecular complexity index is 623. The highest BCUT2D eigenvalue weighted by Crippen LogP contribution is 2.35. The first-order chi connectivity index (χ1) is 8.67. The molecular weight excluding hydrogens is 248 g/mol. The normalized spacial score (nSPS) is 10.2. The first-order valence-electron chi connectivity index (χ1n) is 5.44. The monoisotopic (exact) mass is 262 g/mol. The van der Waals surface area contributed by atoms with Gasteiger partial charge in [-0.25, -0.2) is 4.98 Å². The van der Waals surface area contributed by atoms with E-state index in [2.05, 4.69) is 9.97 Å². The van der Waals surface area contributed by atoms with E-state index in [0.29, 0.717) is 10.4 Å². The summed E-state index contributed by atoms with van der Waals surface area (Å²) in [7, 11) is 3.21. The molecule has 5 heteroatoms. The predicted molar refractivity (Wildman–Crippen MR) is 72.7 cm³/mol. The number of hydrogen-bond acceptors (Lipinski definition) is 4. The van der Waals surface area contributed by atoms with Gasteiger partial charge in [-0.15, -0.1) is 0 Å². The Kier molecular flexibility index (Phi) is 3.62. The van der Waals surface area contributed by atoms with Crippen LogP contribution in [0.1, 0.15) is 5.56 Å². The van der Waals surface area contributed by atoms with E-state index in [4.69, 9.17) is 21.7 Å².